The van der Waals surface area contributed by atoms with Crippen molar-refractivity contribution in [1.82, 2.24) is 14.4 Å². The largest absolute Gasteiger partial charge is 0.465 e. The Morgan fingerprint density at radius 1 is 1.11 bits per heavy atom. The van der Waals surface area contributed by atoms with E-state index in [9.17, 15) is 14.0 Å². The third-order valence-corrected chi connectivity index (χ3v) is 9.13. The van der Waals surface area contributed by atoms with Crippen LogP contribution in [0.15, 0.2) is 54.0 Å². The van der Waals surface area contributed by atoms with Gasteiger partial charge in [0.1, 0.15) is 15.7 Å². The molecule has 190 valence electrons. The highest BCUT2D eigenvalue weighted by Gasteiger charge is 2.36. The summed E-state index contributed by atoms with van der Waals surface area (Å²) in [5.74, 6) is -0.828. The van der Waals surface area contributed by atoms with E-state index in [1.54, 1.807) is 39.8 Å². The minimum atomic E-state index is -0.497. The van der Waals surface area contributed by atoms with Crippen molar-refractivity contribution < 1.29 is 18.7 Å². The van der Waals surface area contributed by atoms with E-state index < -0.39 is 12.0 Å². The molecular formula is C27H25FN4O3S2. The second-order valence-corrected chi connectivity index (χ2v) is 11.2. The Morgan fingerprint density at radius 3 is 2.70 bits per heavy atom. The Bertz CT molecular complexity index is 1490. The molecule has 2 aliphatic rings. The van der Waals surface area contributed by atoms with E-state index in [1.165, 1.54) is 41.0 Å². The van der Waals surface area contributed by atoms with E-state index in [4.69, 9.17) is 4.74 Å². The van der Waals surface area contributed by atoms with Crippen LogP contribution < -0.4 is 5.32 Å². The summed E-state index contributed by atoms with van der Waals surface area (Å²) in [6.07, 6.45) is 2.95. The van der Waals surface area contributed by atoms with Crippen LogP contribution in [-0.2, 0) is 24.2 Å². The van der Waals surface area contributed by atoms with Crippen molar-refractivity contribution in [2.75, 3.05) is 26.0 Å². The number of nitrogens with one attached hydrogen (secondary N) is 1. The van der Waals surface area contributed by atoms with Crippen molar-refractivity contribution in [3.63, 3.8) is 0 Å². The first-order valence-corrected chi connectivity index (χ1v) is 13.6. The molecule has 0 radical (unpaired) electrons. The van der Waals surface area contributed by atoms with Crippen LogP contribution in [0.25, 0.3) is 5.00 Å². The molecule has 0 spiro atoms. The lowest BCUT2D eigenvalue weighted by Gasteiger charge is -2.31. The summed E-state index contributed by atoms with van der Waals surface area (Å²) in [5.41, 5.74) is 4.59. The van der Waals surface area contributed by atoms with E-state index in [-0.39, 0.29) is 11.8 Å². The molecule has 1 aromatic carbocycles. The minimum absolute atomic E-state index is 0.331. The van der Waals surface area contributed by atoms with Gasteiger partial charge >= 0.3 is 12.0 Å². The molecule has 37 heavy (non-hydrogen) atoms. The molecule has 5 heterocycles. The normalized spacial score (nSPS) is 16.9. The fourth-order valence-corrected chi connectivity index (χ4v) is 7.40. The van der Waals surface area contributed by atoms with E-state index >= 15 is 0 Å². The summed E-state index contributed by atoms with van der Waals surface area (Å²) >= 11 is 2.99. The van der Waals surface area contributed by atoms with Crippen LogP contribution >= 0.6 is 22.7 Å². The second-order valence-electron chi connectivity index (χ2n) is 9.25. The van der Waals surface area contributed by atoms with E-state index in [0.717, 1.165) is 41.3 Å². The van der Waals surface area contributed by atoms with Crippen LogP contribution in [0.4, 0.5) is 14.9 Å². The average molecular weight is 537 g/mol. The number of urea groups is 1. The lowest BCUT2D eigenvalue weighted by Crippen LogP contribution is -2.38. The highest BCUT2D eigenvalue weighted by atomic mass is 32.1. The lowest BCUT2D eigenvalue weighted by atomic mass is 10.0. The molecule has 4 aromatic rings. The molecule has 0 bridgehead atoms. The second kappa shape index (κ2) is 9.44. The van der Waals surface area contributed by atoms with Gasteiger partial charge in [0.25, 0.3) is 0 Å². The van der Waals surface area contributed by atoms with Crippen molar-refractivity contribution in [2.24, 2.45) is 0 Å². The number of benzene rings is 1. The Balaban J connectivity index is 1.48. The number of amides is 2. The third-order valence-electron chi connectivity index (χ3n) is 6.98. The molecule has 6 rings (SSSR count). The van der Waals surface area contributed by atoms with Gasteiger partial charge < -0.3 is 24.4 Å². The van der Waals surface area contributed by atoms with Gasteiger partial charge in [0.15, 0.2) is 0 Å². The number of nitrogens with zero attached hydrogens (tertiary/aromatic N) is 3. The molecule has 10 heteroatoms. The summed E-state index contributed by atoms with van der Waals surface area (Å²) in [6.45, 7) is 2.23. The van der Waals surface area contributed by atoms with Crippen LogP contribution in [0.1, 0.15) is 43.0 Å². The zero-order chi connectivity index (χ0) is 25.7. The summed E-state index contributed by atoms with van der Waals surface area (Å²) < 4.78 is 20.9. The van der Waals surface area contributed by atoms with Gasteiger partial charge in [-0.15, -0.1) is 22.7 Å². The average Bonchev–Trinajstić information content (AvgIpc) is 3.61. The van der Waals surface area contributed by atoms with Crippen molar-refractivity contribution in [2.45, 2.75) is 25.6 Å². The van der Waals surface area contributed by atoms with Crippen LogP contribution in [0, 0.1) is 5.82 Å². The Morgan fingerprint density at radius 2 is 1.92 bits per heavy atom. The van der Waals surface area contributed by atoms with E-state index in [2.05, 4.69) is 21.8 Å². The predicted molar refractivity (Wildman–Crippen MR) is 142 cm³/mol. The standard InChI is InChI=1S/C27H25FN4O3S2/c1-30-12-9-18-19-14-32(27(34)29-20-10-13-36-24(20)26(33)35-2)23(16-5-7-17(28)8-6-16)21-4-3-11-31(21)25(19)37-22(18)15-30/h3-8,10-11,13,23H,9,12,14-15H2,1-2H3,(H,29,34). The number of carbonyl (C=O) groups is 2. The van der Waals surface area contributed by atoms with Crippen LogP contribution in [0.2, 0.25) is 0 Å². The topological polar surface area (TPSA) is 66.8 Å². The highest BCUT2D eigenvalue weighted by molar-refractivity contribution is 7.15. The van der Waals surface area contributed by atoms with Crippen molar-refractivity contribution >= 4 is 40.4 Å². The first-order valence-electron chi connectivity index (χ1n) is 11.9. The molecule has 1 N–H and O–H groups in total. The Hall–Kier alpha value is -3.47. The zero-order valence-electron chi connectivity index (χ0n) is 20.4. The number of hydrogen-bond acceptors (Lipinski definition) is 6. The molecule has 1 unspecified atom stereocenters. The lowest BCUT2D eigenvalue weighted by molar-refractivity contribution is 0.0607. The number of esters is 1. The molecule has 1 atom stereocenters. The molecule has 2 amide bonds. The number of methoxy groups -OCH3 is 1. The third kappa shape index (κ3) is 4.14. The van der Waals surface area contributed by atoms with Gasteiger partial charge in [0.2, 0.25) is 0 Å². The summed E-state index contributed by atoms with van der Waals surface area (Å²) in [6, 6.07) is 11.2. The smallest absolute Gasteiger partial charge is 0.350 e. The van der Waals surface area contributed by atoms with Crippen LogP contribution in [0.5, 0.6) is 0 Å². The number of carbonyl (C=O) groups excluding carboxylic acids is 2. The number of halogens is 1. The van der Waals surface area contributed by atoms with E-state index in [1.807, 2.05) is 18.3 Å². The Kier molecular flexibility index (Phi) is 6.10. The predicted octanol–water partition coefficient (Wildman–Crippen LogP) is 5.65. The van der Waals surface area contributed by atoms with Crippen LogP contribution in [-0.4, -0.2) is 47.1 Å². The summed E-state index contributed by atoms with van der Waals surface area (Å²) in [5, 5.41) is 5.82. The van der Waals surface area contributed by atoms with Gasteiger partial charge in [-0.3, -0.25) is 0 Å². The first-order chi connectivity index (χ1) is 17.9. The van der Waals surface area contributed by atoms with Gasteiger partial charge in [-0.1, -0.05) is 12.1 Å². The monoisotopic (exact) mass is 536 g/mol. The van der Waals surface area contributed by atoms with E-state index in [0.29, 0.717) is 17.1 Å². The maximum Gasteiger partial charge on any atom is 0.350 e. The molecular weight excluding hydrogens is 511 g/mol. The number of rotatable bonds is 3. The number of thiophene rings is 2. The molecule has 0 fully saturated rings. The molecule has 0 saturated heterocycles. The first kappa shape index (κ1) is 23.9. The number of anilines is 1. The number of likely N-dealkylation sites (N-methyl/N-ethyl adjacent to an activating group) is 1. The summed E-state index contributed by atoms with van der Waals surface area (Å²) in [4.78, 5) is 32.0. The van der Waals surface area contributed by atoms with Gasteiger partial charge in [-0.2, -0.15) is 0 Å². The summed E-state index contributed by atoms with van der Waals surface area (Å²) in [7, 11) is 3.44. The fraction of sp³-hybridized carbons (Fsp3) is 0.259. The van der Waals surface area contributed by atoms with Crippen molar-refractivity contribution in [3.8, 4) is 5.00 Å². The maximum atomic E-state index is 14.0. The quantitative estimate of drug-likeness (QED) is 0.344. The molecule has 0 saturated carbocycles. The highest BCUT2D eigenvalue weighted by Crippen LogP contribution is 2.43. The Labute approximate surface area is 221 Å². The van der Waals surface area contributed by atoms with Gasteiger partial charge in [0.05, 0.1) is 31.1 Å². The minimum Gasteiger partial charge on any atom is -0.465 e. The van der Waals surface area contributed by atoms with Crippen molar-refractivity contribution in [1.29, 1.82) is 0 Å². The number of ether oxygens (including phenoxy) is 1. The van der Waals surface area contributed by atoms with Crippen molar-refractivity contribution in [3.05, 3.63) is 92.0 Å². The van der Waals surface area contributed by atoms with Gasteiger partial charge in [0, 0.05) is 29.7 Å². The SMILES string of the molecule is COC(=O)c1sccc1NC(=O)N1Cc2c(sc3c2CCN(C)C3)-n2cccc2C1c1ccc(F)cc1. The molecule has 0 aliphatic carbocycles. The van der Waals surface area contributed by atoms with Crippen LogP contribution in [0.3, 0.4) is 0 Å². The molecule has 7 nitrogen and oxygen atoms in total. The number of aromatic nitrogens is 1. The maximum absolute atomic E-state index is 14.0. The van der Waals surface area contributed by atoms with Gasteiger partial charge in [-0.25, -0.2) is 14.0 Å². The zero-order valence-corrected chi connectivity index (χ0v) is 22.0. The number of fused-ring (bicyclic) bond motifs is 5. The van der Waals surface area contributed by atoms with Gasteiger partial charge in [-0.05, 0) is 60.3 Å². The fourth-order valence-electron chi connectivity index (χ4n) is 5.19. The number of hydrogen-bond donors (Lipinski definition) is 1. The molecule has 2 aliphatic heterocycles. The molecule has 3 aromatic heterocycles.